The molecule has 1 aromatic rings. The highest BCUT2D eigenvalue weighted by molar-refractivity contribution is 7.91. The Balaban J connectivity index is 2.23. The number of rotatable bonds is 3. The van der Waals surface area contributed by atoms with Crippen molar-refractivity contribution in [1.82, 2.24) is 4.90 Å². The number of aryl methyl sites for hydroxylation is 2. The maximum absolute atomic E-state index is 12.5. The van der Waals surface area contributed by atoms with Crippen LogP contribution in [-0.4, -0.2) is 43.3 Å². The quantitative estimate of drug-likeness (QED) is 0.845. The van der Waals surface area contributed by atoms with Crippen LogP contribution in [0.25, 0.3) is 0 Å². The van der Waals surface area contributed by atoms with Gasteiger partial charge in [0.2, 0.25) is 0 Å². The topological polar surface area (TPSA) is 67.6 Å². The van der Waals surface area contributed by atoms with Gasteiger partial charge < -0.3 is 9.32 Å². The Labute approximate surface area is 113 Å². The SMILES string of the molecule is CCN(C(=O)c1cc(C)oc1C)C1CCS(=O)(=O)C1. The number of nitrogens with zero attached hydrogens (tertiary/aromatic N) is 1. The third-order valence-corrected chi connectivity index (χ3v) is 5.27. The lowest BCUT2D eigenvalue weighted by molar-refractivity contribution is 0.0706. The Hall–Kier alpha value is -1.30. The third kappa shape index (κ3) is 2.83. The van der Waals surface area contributed by atoms with Crippen LogP contribution in [0.1, 0.15) is 35.2 Å². The van der Waals surface area contributed by atoms with Crippen molar-refractivity contribution in [3.8, 4) is 0 Å². The van der Waals surface area contributed by atoms with Gasteiger partial charge in [0.05, 0.1) is 17.1 Å². The number of sulfone groups is 1. The van der Waals surface area contributed by atoms with Crippen LogP contribution >= 0.6 is 0 Å². The van der Waals surface area contributed by atoms with Crippen LogP contribution in [0.3, 0.4) is 0 Å². The zero-order valence-corrected chi connectivity index (χ0v) is 12.3. The number of furan rings is 1. The summed E-state index contributed by atoms with van der Waals surface area (Å²) in [7, 11) is -2.99. The van der Waals surface area contributed by atoms with Crippen LogP contribution in [0.4, 0.5) is 0 Å². The number of carbonyl (C=O) groups is 1. The highest BCUT2D eigenvalue weighted by Crippen LogP contribution is 2.22. The van der Waals surface area contributed by atoms with Crippen LogP contribution in [-0.2, 0) is 9.84 Å². The number of hydrogen-bond donors (Lipinski definition) is 0. The van der Waals surface area contributed by atoms with Gasteiger partial charge in [0, 0.05) is 12.6 Å². The molecule has 0 aromatic carbocycles. The van der Waals surface area contributed by atoms with E-state index in [-0.39, 0.29) is 23.5 Å². The molecule has 6 heteroatoms. The normalized spacial score (nSPS) is 21.5. The lowest BCUT2D eigenvalue weighted by Crippen LogP contribution is -2.41. The first-order chi connectivity index (χ1) is 8.84. The van der Waals surface area contributed by atoms with Crippen molar-refractivity contribution in [2.45, 2.75) is 33.2 Å². The summed E-state index contributed by atoms with van der Waals surface area (Å²) in [5.74, 6) is 1.38. The van der Waals surface area contributed by atoms with Gasteiger partial charge in [0.25, 0.3) is 5.91 Å². The van der Waals surface area contributed by atoms with E-state index in [1.807, 2.05) is 6.92 Å². The largest absolute Gasteiger partial charge is 0.466 e. The second-order valence-corrected chi connectivity index (χ2v) is 7.20. The summed E-state index contributed by atoms with van der Waals surface area (Å²) in [6.07, 6.45) is 0.526. The molecule has 0 radical (unpaired) electrons. The molecule has 0 aliphatic carbocycles. The number of carbonyl (C=O) groups excluding carboxylic acids is 1. The van der Waals surface area contributed by atoms with Crippen LogP contribution in [0, 0.1) is 13.8 Å². The third-order valence-electron chi connectivity index (χ3n) is 3.52. The molecule has 5 nitrogen and oxygen atoms in total. The average Bonchev–Trinajstić information content (AvgIpc) is 2.82. The molecule has 0 spiro atoms. The molecule has 0 bridgehead atoms. The molecular weight excluding hydrogens is 266 g/mol. The minimum Gasteiger partial charge on any atom is -0.466 e. The van der Waals surface area contributed by atoms with Crippen molar-refractivity contribution < 1.29 is 17.6 Å². The van der Waals surface area contributed by atoms with Crippen molar-refractivity contribution in [3.05, 3.63) is 23.2 Å². The van der Waals surface area contributed by atoms with E-state index in [4.69, 9.17) is 4.42 Å². The summed E-state index contributed by atoms with van der Waals surface area (Å²) in [5.41, 5.74) is 0.531. The van der Waals surface area contributed by atoms with Gasteiger partial charge in [-0.25, -0.2) is 8.42 Å². The fourth-order valence-electron chi connectivity index (χ4n) is 2.59. The van der Waals surface area contributed by atoms with E-state index in [0.29, 0.717) is 30.0 Å². The van der Waals surface area contributed by atoms with Gasteiger partial charge >= 0.3 is 0 Å². The Kier molecular flexibility index (Phi) is 3.71. The van der Waals surface area contributed by atoms with E-state index in [1.165, 1.54) is 0 Å². The summed E-state index contributed by atoms with van der Waals surface area (Å²) < 4.78 is 28.4. The maximum atomic E-state index is 12.5. The molecule has 1 amide bonds. The number of hydrogen-bond acceptors (Lipinski definition) is 4. The Morgan fingerprint density at radius 2 is 2.16 bits per heavy atom. The van der Waals surface area contributed by atoms with Crippen molar-refractivity contribution in [3.63, 3.8) is 0 Å². The van der Waals surface area contributed by atoms with E-state index in [0.717, 1.165) is 0 Å². The van der Waals surface area contributed by atoms with Crippen molar-refractivity contribution in [2.75, 3.05) is 18.1 Å². The smallest absolute Gasteiger partial charge is 0.257 e. The molecule has 1 aliphatic rings. The zero-order valence-electron chi connectivity index (χ0n) is 11.5. The minimum atomic E-state index is -2.99. The van der Waals surface area contributed by atoms with Gasteiger partial charge in [-0.1, -0.05) is 0 Å². The maximum Gasteiger partial charge on any atom is 0.257 e. The molecule has 1 fully saturated rings. The second kappa shape index (κ2) is 5.00. The van der Waals surface area contributed by atoms with Crippen LogP contribution in [0.2, 0.25) is 0 Å². The fraction of sp³-hybridized carbons (Fsp3) is 0.615. The lowest BCUT2D eigenvalue weighted by atomic mass is 10.1. The predicted molar refractivity (Wildman–Crippen MR) is 72.0 cm³/mol. The Morgan fingerprint density at radius 3 is 2.58 bits per heavy atom. The first-order valence-electron chi connectivity index (χ1n) is 6.42. The molecule has 0 saturated carbocycles. The van der Waals surface area contributed by atoms with E-state index < -0.39 is 9.84 Å². The highest BCUT2D eigenvalue weighted by Gasteiger charge is 2.35. The van der Waals surface area contributed by atoms with E-state index in [1.54, 1.807) is 24.8 Å². The van der Waals surface area contributed by atoms with Crippen LogP contribution in [0.5, 0.6) is 0 Å². The molecular formula is C13H19NO4S. The summed E-state index contributed by atoms with van der Waals surface area (Å²) in [5, 5.41) is 0. The Morgan fingerprint density at radius 1 is 1.47 bits per heavy atom. The number of amides is 1. The molecule has 0 N–H and O–H groups in total. The summed E-state index contributed by atoms with van der Waals surface area (Å²) in [6.45, 7) is 5.91. The standard InChI is InChI=1S/C13H19NO4S/c1-4-14(11-5-6-19(16,17)8-11)13(15)12-7-9(2)18-10(12)3/h7,11H,4-6,8H2,1-3H3. The summed E-state index contributed by atoms with van der Waals surface area (Å²) in [4.78, 5) is 14.1. The fourth-order valence-corrected chi connectivity index (χ4v) is 4.32. The molecule has 1 aromatic heterocycles. The van der Waals surface area contributed by atoms with Crippen LogP contribution < -0.4 is 0 Å². The molecule has 1 aliphatic heterocycles. The van der Waals surface area contributed by atoms with E-state index in [2.05, 4.69) is 0 Å². The van der Waals surface area contributed by atoms with Crippen molar-refractivity contribution in [1.29, 1.82) is 0 Å². The monoisotopic (exact) mass is 285 g/mol. The first-order valence-corrected chi connectivity index (χ1v) is 8.24. The molecule has 2 rings (SSSR count). The van der Waals surface area contributed by atoms with Gasteiger partial charge in [-0.05, 0) is 33.3 Å². The van der Waals surface area contributed by atoms with Crippen molar-refractivity contribution >= 4 is 15.7 Å². The molecule has 19 heavy (non-hydrogen) atoms. The Bertz CT molecular complexity index is 588. The molecule has 1 unspecified atom stereocenters. The lowest BCUT2D eigenvalue weighted by Gasteiger charge is -2.26. The average molecular weight is 285 g/mol. The molecule has 106 valence electrons. The van der Waals surface area contributed by atoms with Gasteiger partial charge in [0.1, 0.15) is 11.5 Å². The molecule has 1 saturated heterocycles. The van der Waals surface area contributed by atoms with E-state index in [9.17, 15) is 13.2 Å². The van der Waals surface area contributed by atoms with Gasteiger partial charge in [-0.3, -0.25) is 4.79 Å². The van der Waals surface area contributed by atoms with Gasteiger partial charge in [-0.2, -0.15) is 0 Å². The summed E-state index contributed by atoms with van der Waals surface area (Å²) >= 11 is 0. The van der Waals surface area contributed by atoms with Gasteiger partial charge in [0.15, 0.2) is 9.84 Å². The van der Waals surface area contributed by atoms with Crippen LogP contribution in [0.15, 0.2) is 10.5 Å². The predicted octanol–water partition coefficient (Wildman–Crippen LogP) is 1.55. The first kappa shape index (κ1) is 14.1. The molecule has 2 heterocycles. The summed E-state index contributed by atoms with van der Waals surface area (Å²) in [6, 6.07) is 1.50. The second-order valence-electron chi connectivity index (χ2n) is 4.97. The molecule has 1 atom stereocenters. The highest BCUT2D eigenvalue weighted by atomic mass is 32.2. The minimum absolute atomic E-state index is 0.0719. The zero-order chi connectivity index (χ0) is 14.2. The van der Waals surface area contributed by atoms with Crippen molar-refractivity contribution in [2.24, 2.45) is 0 Å². The van der Waals surface area contributed by atoms with Gasteiger partial charge in [-0.15, -0.1) is 0 Å². The van der Waals surface area contributed by atoms with E-state index >= 15 is 0 Å².